The monoisotopic (exact) mass is 550 g/mol. The van der Waals surface area contributed by atoms with Crippen LogP contribution in [0.5, 0.6) is 0 Å². The molecule has 208 valence electrons. The Morgan fingerprint density at radius 1 is 1.24 bits per heavy atom. The number of halogens is 3. The number of nitrogens with zero attached hydrogens (tertiary/aromatic N) is 2. The highest BCUT2D eigenvalue weighted by molar-refractivity contribution is 6.74. The second-order valence-corrected chi connectivity index (χ2v) is 16.7. The zero-order valence-corrected chi connectivity index (χ0v) is 23.8. The number of fused-ring (bicyclic) bond motifs is 1. The van der Waals surface area contributed by atoms with Gasteiger partial charge in [0.2, 0.25) is 5.91 Å². The minimum Gasteiger partial charge on any atom is -0.411 e. The van der Waals surface area contributed by atoms with E-state index in [-0.39, 0.29) is 28.3 Å². The molecule has 1 saturated carbocycles. The van der Waals surface area contributed by atoms with Gasteiger partial charge in [-0.05, 0) is 61.5 Å². The molecule has 1 aliphatic carbocycles. The molecule has 0 saturated heterocycles. The van der Waals surface area contributed by atoms with Crippen LogP contribution in [0.4, 0.5) is 19.0 Å². The van der Waals surface area contributed by atoms with Crippen LogP contribution >= 0.6 is 0 Å². The van der Waals surface area contributed by atoms with Gasteiger partial charge in [0.1, 0.15) is 11.9 Å². The zero-order valence-electron chi connectivity index (χ0n) is 22.8. The predicted octanol–water partition coefficient (Wildman–Crippen LogP) is 6.08. The smallest absolute Gasteiger partial charge is 0.411 e. The van der Waals surface area contributed by atoms with E-state index >= 15 is 0 Å². The summed E-state index contributed by atoms with van der Waals surface area (Å²) in [4.78, 5) is 26.4. The van der Waals surface area contributed by atoms with Crippen LogP contribution in [-0.2, 0) is 28.5 Å². The number of hydrogen-bond acceptors (Lipinski definition) is 4. The number of carbonyl (C=O) groups is 2. The van der Waals surface area contributed by atoms with Gasteiger partial charge < -0.3 is 15.1 Å². The predicted molar refractivity (Wildman–Crippen MR) is 141 cm³/mol. The molecule has 11 heteroatoms. The number of amides is 2. The van der Waals surface area contributed by atoms with E-state index in [1.54, 1.807) is 4.68 Å². The summed E-state index contributed by atoms with van der Waals surface area (Å²) < 4.78 is 48.0. The summed E-state index contributed by atoms with van der Waals surface area (Å²) in [5, 5.41) is 10.5. The SMILES string of the molecule is CCCn1nc(CO[Si](C)(C)C(C)(C)C)c2c1NC(=O)[C@H](NC(=O)c1cccc(C(F)(F)F)c1)[C@@H]2C1CC1. The third kappa shape index (κ3) is 5.68. The van der Waals surface area contributed by atoms with Crippen molar-refractivity contribution in [2.24, 2.45) is 5.92 Å². The van der Waals surface area contributed by atoms with Crippen molar-refractivity contribution in [3.05, 3.63) is 46.6 Å². The second-order valence-electron chi connectivity index (χ2n) is 11.9. The number of aromatic nitrogens is 2. The fourth-order valence-electron chi connectivity index (χ4n) is 4.66. The number of aryl methyl sites for hydroxylation is 1. The molecule has 0 spiro atoms. The van der Waals surface area contributed by atoms with Gasteiger partial charge >= 0.3 is 6.18 Å². The van der Waals surface area contributed by atoms with Gasteiger partial charge in [0.25, 0.3) is 5.91 Å². The normalized spacial score (nSPS) is 20.2. The van der Waals surface area contributed by atoms with E-state index in [9.17, 15) is 22.8 Å². The fraction of sp³-hybridized carbons (Fsp3) is 0.593. The Hall–Kier alpha value is -2.66. The summed E-state index contributed by atoms with van der Waals surface area (Å²) in [6, 6.07) is 3.31. The standard InChI is InChI=1S/C27H37F3N4O3Si/c1-7-13-34-23-21(19(33-34)15-37-38(5,6)26(2,3)4)20(16-11-12-16)22(25(36)32-23)31-24(35)17-9-8-10-18(14-17)27(28,29)30/h8-10,14,16,20,22H,7,11-13,15H2,1-6H3,(H,31,35)(H,32,36)/t20-,22-/m1/s1. The molecule has 7 nitrogen and oxygen atoms in total. The van der Waals surface area contributed by atoms with Crippen molar-refractivity contribution in [2.75, 3.05) is 5.32 Å². The third-order valence-corrected chi connectivity index (χ3v) is 12.4. The molecule has 0 unspecified atom stereocenters. The average Bonchev–Trinajstić information content (AvgIpc) is 3.60. The van der Waals surface area contributed by atoms with E-state index in [4.69, 9.17) is 9.52 Å². The molecule has 0 bridgehead atoms. The Bertz CT molecular complexity index is 1220. The molecule has 4 rings (SSSR count). The first-order chi connectivity index (χ1) is 17.6. The quantitative estimate of drug-likeness (QED) is 0.390. The van der Waals surface area contributed by atoms with Crippen LogP contribution in [0, 0.1) is 5.92 Å². The van der Waals surface area contributed by atoms with E-state index in [0.29, 0.717) is 19.0 Å². The summed E-state index contributed by atoms with van der Waals surface area (Å²) in [6.07, 6.45) is -1.96. The average molecular weight is 551 g/mol. The lowest BCUT2D eigenvalue weighted by Gasteiger charge is -2.36. The first-order valence-corrected chi connectivity index (χ1v) is 16.1. The molecule has 2 N–H and O–H groups in total. The van der Waals surface area contributed by atoms with Crippen LogP contribution < -0.4 is 10.6 Å². The molecule has 0 radical (unpaired) electrons. The summed E-state index contributed by atoms with van der Waals surface area (Å²) in [7, 11) is -2.10. The summed E-state index contributed by atoms with van der Waals surface area (Å²) in [5.74, 6) is -0.643. The number of anilines is 1. The van der Waals surface area contributed by atoms with Gasteiger partial charge in [0.05, 0.1) is 17.9 Å². The molecule has 1 aromatic carbocycles. The van der Waals surface area contributed by atoms with Crippen LogP contribution in [0.15, 0.2) is 24.3 Å². The van der Waals surface area contributed by atoms with E-state index in [1.165, 1.54) is 12.1 Å². The van der Waals surface area contributed by atoms with E-state index in [2.05, 4.69) is 44.5 Å². The number of rotatable bonds is 8. The van der Waals surface area contributed by atoms with Crippen molar-refractivity contribution in [2.45, 2.75) is 96.4 Å². The molecular weight excluding hydrogens is 513 g/mol. The Kier molecular flexibility index (Phi) is 7.57. The first kappa shape index (κ1) is 28.3. The van der Waals surface area contributed by atoms with Crippen molar-refractivity contribution < 1.29 is 27.2 Å². The number of nitrogens with one attached hydrogen (secondary N) is 2. The van der Waals surface area contributed by atoms with Gasteiger partial charge in [-0.3, -0.25) is 9.59 Å². The Morgan fingerprint density at radius 2 is 1.92 bits per heavy atom. The summed E-state index contributed by atoms with van der Waals surface area (Å²) >= 11 is 0. The van der Waals surface area contributed by atoms with Crippen LogP contribution in [0.25, 0.3) is 0 Å². The minimum absolute atomic E-state index is 0.00458. The van der Waals surface area contributed by atoms with Crippen LogP contribution in [0.1, 0.15) is 80.1 Å². The van der Waals surface area contributed by atoms with Crippen molar-refractivity contribution >= 4 is 25.9 Å². The Labute approximate surface area is 222 Å². The maximum absolute atomic E-state index is 13.3. The van der Waals surface area contributed by atoms with Crippen LogP contribution in [0.2, 0.25) is 18.1 Å². The summed E-state index contributed by atoms with van der Waals surface area (Å²) in [5.41, 5.74) is 0.559. The highest BCUT2D eigenvalue weighted by Gasteiger charge is 2.49. The maximum atomic E-state index is 13.3. The zero-order chi connectivity index (χ0) is 28.0. The highest BCUT2D eigenvalue weighted by atomic mass is 28.4. The number of carbonyl (C=O) groups excluding carboxylic acids is 2. The van der Waals surface area contributed by atoms with Gasteiger partial charge in [-0.25, -0.2) is 4.68 Å². The van der Waals surface area contributed by atoms with Crippen molar-refractivity contribution in [3.8, 4) is 0 Å². The topological polar surface area (TPSA) is 85.2 Å². The number of alkyl halides is 3. The van der Waals surface area contributed by atoms with E-state index < -0.39 is 32.0 Å². The molecule has 38 heavy (non-hydrogen) atoms. The molecule has 2 heterocycles. The first-order valence-electron chi connectivity index (χ1n) is 13.2. The molecule has 1 aromatic heterocycles. The third-order valence-electron chi connectivity index (χ3n) is 7.96. The molecular formula is C27H37F3N4O3Si. The lowest BCUT2D eigenvalue weighted by atomic mass is 9.83. The van der Waals surface area contributed by atoms with Crippen molar-refractivity contribution in [1.82, 2.24) is 15.1 Å². The fourth-order valence-corrected chi connectivity index (χ4v) is 5.59. The summed E-state index contributed by atoms with van der Waals surface area (Å²) in [6.45, 7) is 13.8. The molecule has 1 fully saturated rings. The van der Waals surface area contributed by atoms with Crippen molar-refractivity contribution in [3.63, 3.8) is 0 Å². The molecule has 2 amide bonds. The number of hydrogen-bond donors (Lipinski definition) is 2. The van der Waals surface area contributed by atoms with Gasteiger partial charge in [-0.1, -0.05) is 33.8 Å². The van der Waals surface area contributed by atoms with Crippen LogP contribution in [-0.4, -0.2) is 36.0 Å². The largest absolute Gasteiger partial charge is 0.416 e. The van der Waals surface area contributed by atoms with Crippen LogP contribution in [0.3, 0.4) is 0 Å². The van der Waals surface area contributed by atoms with Gasteiger partial charge in [0.15, 0.2) is 8.32 Å². The molecule has 2 aliphatic rings. The Balaban J connectivity index is 1.68. The molecule has 2 atom stereocenters. The Morgan fingerprint density at radius 3 is 2.50 bits per heavy atom. The van der Waals surface area contributed by atoms with Gasteiger partial charge in [-0.15, -0.1) is 0 Å². The van der Waals surface area contributed by atoms with Gasteiger partial charge in [0, 0.05) is 23.6 Å². The number of benzene rings is 1. The lowest BCUT2D eigenvalue weighted by Crippen LogP contribution is -2.51. The van der Waals surface area contributed by atoms with Crippen molar-refractivity contribution in [1.29, 1.82) is 0 Å². The molecule has 1 aliphatic heterocycles. The van der Waals surface area contributed by atoms with Gasteiger partial charge in [-0.2, -0.15) is 18.3 Å². The van der Waals surface area contributed by atoms with E-state index in [0.717, 1.165) is 42.7 Å². The minimum atomic E-state index is -4.57. The maximum Gasteiger partial charge on any atom is 0.416 e. The highest BCUT2D eigenvalue weighted by Crippen LogP contribution is 2.50. The van der Waals surface area contributed by atoms with E-state index in [1.807, 2.05) is 6.92 Å². The second kappa shape index (κ2) is 10.1. The lowest BCUT2D eigenvalue weighted by molar-refractivity contribution is -0.137. The molecule has 2 aromatic rings.